The van der Waals surface area contributed by atoms with E-state index in [1.165, 1.54) is 16.7 Å². The number of hydrogen-bond donors (Lipinski definition) is 0. The lowest BCUT2D eigenvalue weighted by Gasteiger charge is -2.10. The molecule has 0 unspecified atom stereocenters. The lowest BCUT2D eigenvalue weighted by atomic mass is 10.1. The van der Waals surface area contributed by atoms with Crippen LogP contribution in [0.25, 0.3) is 0 Å². The van der Waals surface area contributed by atoms with Crippen LogP contribution in [0.1, 0.15) is 16.7 Å². The molecule has 0 spiro atoms. The maximum atomic E-state index is 5.82. The van der Waals surface area contributed by atoms with Crippen molar-refractivity contribution in [3.8, 4) is 5.75 Å². The van der Waals surface area contributed by atoms with Gasteiger partial charge < -0.3 is 4.74 Å². The van der Waals surface area contributed by atoms with E-state index >= 15 is 0 Å². The van der Waals surface area contributed by atoms with E-state index < -0.39 is 0 Å². The normalized spacial score (nSPS) is 10.2. The predicted octanol–water partition coefficient (Wildman–Crippen LogP) is 3.92. The fraction of sp³-hybridized carbons (Fsp3) is 0.250. The van der Waals surface area contributed by atoms with Crippen molar-refractivity contribution < 1.29 is 4.74 Å². The molecular weight excluding hydrogens is 208 g/mol. The van der Waals surface area contributed by atoms with Crippen molar-refractivity contribution in [2.24, 2.45) is 0 Å². The van der Waals surface area contributed by atoms with Gasteiger partial charge in [0.1, 0.15) is 5.75 Å². The van der Waals surface area contributed by atoms with Crippen LogP contribution in [0.2, 0.25) is 0 Å². The van der Waals surface area contributed by atoms with Crippen molar-refractivity contribution >= 4 is 0 Å². The number of ether oxygens (including phenoxy) is 1. The zero-order chi connectivity index (χ0) is 12.1. The number of rotatable bonds is 4. The van der Waals surface area contributed by atoms with Crippen molar-refractivity contribution in [1.29, 1.82) is 0 Å². The van der Waals surface area contributed by atoms with Gasteiger partial charge in [0.25, 0.3) is 0 Å². The summed E-state index contributed by atoms with van der Waals surface area (Å²) in [6.07, 6.45) is 0.953. The second-order valence-corrected chi connectivity index (χ2v) is 4.28. The van der Waals surface area contributed by atoms with Crippen molar-refractivity contribution in [2.75, 3.05) is 6.61 Å². The van der Waals surface area contributed by atoms with Crippen molar-refractivity contribution in [1.82, 2.24) is 0 Å². The molecule has 0 aromatic heterocycles. The molecule has 1 heteroatoms. The minimum Gasteiger partial charge on any atom is -0.493 e. The molecule has 0 aliphatic carbocycles. The number of benzene rings is 2. The Morgan fingerprint density at radius 1 is 0.882 bits per heavy atom. The summed E-state index contributed by atoms with van der Waals surface area (Å²) in [6.45, 7) is 4.95. The van der Waals surface area contributed by atoms with E-state index in [2.05, 4.69) is 44.2 Å². The Labute approximate surface area is 103 Å². The smallest absolute Gasteiger partial charge is 0.122 e. The molecule has 0 fully saturated rings. The van der Waals surface area contributed by atoms with Gasteiger partial charge in [0.15, 0.2) is 0 Å². The average molecular weight is 226 g/mol. The van der Waals surface area contributed by atoms with Crippen LogP contribution >= 0.6 is 0 Å². The van der Waals surface area contributed by atoms with Gasteiger partial charge in [-0.2, -0.15) is 0 Å². The maximum absolute atomic E-state index is 5.82. The number of aryl methyl sites for hydroxylation is 1. The molecule has 0 aliphatic rings. The van der Waals surface area contributed by atoms with E-state index in [1.54, 1.807) is 0 Å². The summed E-state index contributed by atoms with van der Waals surface area (Å²) in [5.41, 5.74) is 3.83. The van der Waals surface area contributed by atoms with Gasteiger partial charge >= 0.3 is 0 Å². The van der Waals surface area contributed by atoms with Gasteiger partial charge in [-0.25, -0.2) is 0 Å². The molecule has 0 saturated carbocycles. The minimum absolute atomic E-state index is 0.730. The third-order valence-corrected chi connectivity index (χ3v) is 3.05. The molecular formula is C16H18O. The van der Waals surface area contributed by atoms with Gasteiger partial charge in [0.2, 0.25) is 0 Å². The minimum atomic E-state index is 0.730. The Kier molecular flexibility index (Phi) is 3.81. The fourth-order valence-corrected chi connectivity index (χ4v) is 1.80. The molecule has 88 valence electrons. The zero-order valence-electron chi connectivity index (χ0n) is 10.4. The third-order valence-electron chi connectivity index (χ3n) is 3.05. The summed E-state index contributed by atoms with van der Waals surface area (Å²) in [5, 5.41) is 0. The summed E-state index contributed by atoms with van der Waals surface area (Å²) in [5.74, 6) is 1.00. The van der Waals surface area contributed by atoms with E-state index in [4.69, 9.17) is 4.74 Å². The standard InChI is InChI=1S/C16H18O/c1-13-7-6-10-16(14(13)2)17-12-11-15-8-4-3-5-9-15/h3-10H,11-12H2,1-2H3. The lowest BCUT2D eigenvalue weighted by Crippen LogP contribution is -2.02. The Hall–Kier alpha value is -1.76. The van der Waals surface area contributed by atoms with Gasteiger partial charge in [-0.3, -0.25) is 0 Å². The molecule has 0 atom stereocenters. The highest BCUT2D eigenvalue weighted by atomic mass is 16.5. The largest absolute Gasteiger partial charge is 0.493 e. The second-order valence-electron chi connectivity index (χ2n) is 4.28. The Morgan fingerprint density at radius 2 is 1.65 bits per heavy atom. The van der Waals surface area contributed by atoms with Crippen molar-refractivity contribution in [3.05, 3.63) is 65.2 Å². The Balaban J connectivity index is 1.93. The lowest BCUT2D eigenvalue weighted by molar-refractivity contribution is 0.319. The Bertz CT molecular complexity index is 474. The first-order chi connectivity index (χ1) is 8.27. The SMILES string of the molecule is Cc1cccc(OCCc2ccccc2)c1C. The van der Waals surface area contributed by atoms with Crippen LogP contribution in [-0.4, -0.2) is 6.61 Å². The summed E-state index contributed by atoms with van der Waals surface area (Å²) in [7, 11) is 0. The fourth-order valence-electron chi connectivity index (χ4n) is 1.80. The van der Waals surface area contributed by atoms with E-state index in [9.17, 15) is 0 Å². The van der Waals surface area contributed by atoms with E-state index in [1.807, 2.05) is 18.2 Å². The molecule has 0 bridgehead atoms. The first kappa shape index (κ1) is 11.7. The Morgan fingerprint density at radius 3 is 2.41 bits per heavy atom. The highest BCUT2D eigenvalue weighted by Gasteiger charge is 2.01. The van der Waals surface area contributed by atoms with Gasteiger partial charge in [-0.1, -0.05) is 42.5 Å². The average Bonchev–Trinajstić information content (AvgIpc) is 2.36. The first-order valence-electron chi connectivity index (χ1n) is 6.00. The highest BCUT2D eigenvalue weighted by Crippen LogP contribution is 2.20. The van der Waals surface area contributed by atoms with Crippen LogP contribution in [-0.2, 0) is 6.42 Å². The van der Waals surface area contributed by atoms with E-state index in [-0.39, 0.29) is 0 Å². The molecule has 0 aliphatic heterocycles. The molecule has 17 heavy (non-hydrogen) atoms. The zero-order valence-corrected chi connectivity index (χ0v) is 10.4. The predicted molar refractivity (Wildman–Crippen MR) is 71.6 cm³/mol. The molecule has 2 aromatic carbocycles. The summed E-state index contributed by atoms with van der Waals surface area (Å²) >= 11 is 0. The molecule has 0 radical (unpaired) electrons. The number of hydrogen-bond acceptors (Lipinski definition) is 1. The summed E-state index contributed by atoms with van der Waals surface area (Å²) in [4.78, 5) is 0. The van der Waals surface area contributed by atoms with Crippen LogP contribution in [0, 0.1) is 13.8 Å². The second kappa shape index (κ2) is 5.53. The molecule has 0 heterocycles. The van der Waals surface area contributed by atoms with Crippen LogP contribution in [0.3, 0.4) is 0 Å². The topological polar surface area (TPSA) is 9.23 Å². The van der Waals surface area contributed by atoms with E-state index in [0.717, 1.165) is 18.8 Å². The first-order valence-corrected chi connectivity index (χ1v) is 6.00. The van der Waals surface area contributed by atoms with Crippen LogP contribution in [0.4, 0.5) is 0 Å². The molecule has 0 N–H and O–H groups in total. The maximum Gasteiger partial charge on any atom is 0.122 e. The van der Waals surface area contributed by atoms with Crippen LogP contribution < -0.4 is 4.74 Å². The summed E-state index contributed by atoms with van der Waals surface area (Å²) in [6, 6.07) is 16.6. The quantitative estimate of drug-likeness (QED) is 0.767. The van der Waals surface area contributed by atoms with Gasteiger partial charge in [-0.05, 0) is 36.6 Å². The molecule has 0 amide bonds. The van der Waals surface area contributed by atoms with Crippen LogP contribution in [0.5, 0.6) is 5.75 Å². The van der Waals surface area contributed by atoms with Gasteiger partial charge in [-0.15, -0.1) is 0 Å². The summed E-state index contributed by atoms with van der Waals surface area (Å²) < 4.78 is 5.82. The van der Waals surface area contributed by atoms with Gasteiger partial charge in [0.05, 0.1) is 6.61 Å². The van der Waals surface area contributed by atoms with Crippen molar-refractivity contribution in [3.63, 3.8) is 0 Å². The van der Waals surface area contributed by atoms with Crippen molar-refractivity contribution in [2.45, 2.75) is 20.3 Å². The molecule has 2 aromatic rings. The highest BCUT2D eigenvalue weighted by molar-refractivity contribution is 5.38. The van der Waals surface area contributed by atoms with Gasteiger partial charge in [0, 0.05) is 6.42 Å². The monoisotopic (exact) mass is 226 g/mol. The molecule has 0 saturated heterocycles. The van der Waals surface area contributed by atoms with E-state index in [0.29, 0.717) is 0 Å². The molecule has 2 rings (SSSR count). The molecule has 1 nitrogen and oxygen atoms in total. The third kappa shape index (κ3) is 3.10. The van der Waals surface area contributed by atoms with Crippen LogP contribution in [0.15, 0.2) is 48.5 Å².